The molecule has 2 fully saturated rings. The normalized spacial score (nSPS) is 27.9. The van der Waals surface area contributed by atoms with Crippen LogP contribution in [0.5, 0.6) is 0 Å². The maximum absolute atomic E-state index is 13.2. The lowest BCUT2D eigenvalue weighted by Crippen LogP contribution is -2.49. The van der Waals surface area contributed by atoms with E-state index in [4.69, 9.17) is 0 Å². The average Bonchev–Trinajstić information content (AvgIpc) is 2.89. The van der Waals surface area contributed by atoms with Crippen molar-refractivity contribution in [2.24, 2.45) is 0 Å². The number of likely N-dealkylation sites (tertiary alicyclic amines) is 2. The van der Waals surface area contributed by atoms with E-state index in [1.807, 2.05) is 12.1 Å². The molecule has 2 heterocycles. The van der Waals surface area contributed by atoms with Crippen LogP contribution in [0.3, 0.4) is 0 Å². The molecule has 0 amide bonds. The first-order valence-electron chi connectivity index (χ1n) is 9.00. The summed E-state index contributed by atoms with van der Waals surface area (Å²) in [6.45, 7) is 8.05. The molecular formula is C19H30FN3. The van der Waals surface area contributed by atoms with Gasteiger partial charge in [-0.1, -0.05) is 12.1 Å². The predicted molar refractivity (Wildman–Crippen MR) is 93.0 cm³/mol. The lowest BCUT2D eigenvalue weighted by molar-refractivity contribution is 0.152. The topological polar surface area (TPSA) is 18.5 Å². The summed E-state index contributed by atoms with van der Waals surface area (Å²) in [5, 5.41) is 3.91. The Bertz CT molecular complexity index is 494. The minimum absolute atomic E-state index is 0.153. The van der Waals surface area contributed by atoms with Crippen LogP contribution in [-0.4, -0.2) is 54.6 Å². The molecule has 0 aliphatic carbocycles. The second kappa shape index (κ2) is 7.29. The van der Waals surface area contributed by atoms with Gasteiger partial charge in [0.1, 0.15) is 5.82 Å². The molecule has 3 rings (SSSR count). The van der Waals surface area contributed by atoms with E-state index >= 15 is 0 Å². The van der Waals surface area contributed by atoms with Crippen LogP contribution in [0, 0.1) is 5.82 Å². The maximum atomic E-state index is 13.2. The molecule has 2 aliphatic heterocycles. The van der Waals surface area contributed by atoms with Crippen molar-refractivity contribution < 1.29 is 4.39 Å². The fourth-order valence-electron chi connectivity index (χ4n) is 4.15. The molecule has 2 aliphatic rings. The third kappa shape index (κ3) is 3.93. The van der Waals surface area contributed by atoms with E-state index in [1.54, 1.807) is 12.1 Å². The van der Waals surface area contributed by atoms with Crippen LogP contribution in [0.1, 0.15) is 44.7 Å². The van der Waals surface area contributed by atoms with Crippen molar-refractivity contribution >= 4 is 0 Å². The predicted octanol–water partition coefficient (Wildman–Crippen LogP) is 3.03. The number of piperidine rings is 1. The Kier molecular flexibility index (Phi) is 5.34. The van der Waals surface area contributed by atoms with E-state index in [1.165, 1.54) is 37.9 Å². The fourth-order valence-corrected chi connectivity index (χ4v) is 4.15. The average molecular weight is 319 g/mol. The second-order valence-corrected chi connectivity index (χ2v) is 7.44. The molecule has 0 unspecified atom stereocenters. The van der Waals surface area contributed by atoms with Crippen molar-refractivity contribution in [2.45, 2.75) is 57.3 Å². The molecule has 1 aromatic carbocycles. The van der Waals surface area contributed by atoms with Crippen molar-refractivity contribution in [3.63, 3.8) is 0 Å². The van der Waals surface area contributed by atoms with Gasteiger partial charge in [-0.05, 0) is 70.9 Å². The van der Waals surface area contributed by atoms with Gasteiger partial charge in [-0.3, -0.25) is 4.90 Å². The van der Waals surface area contributed by atoms with Gasteiger partial charge in [-0.25, -0.2) is 4.39 Å². The van der Waals surface area contributed by atoms with Gasteiger partial charge < -0.3 is 10.2 Å². The standard InChI is InChI=1S/C19H30FN3/c1-14(2)23-12-8-17(9-13-23)21-18-10-11-22(3)19(18)15-4-6-16(20)7-5-15/h4-7,14,17-19,21H,8-13H2,1-3H3/t18-,19+/m1/s1. The molecule has 1 aromatic rings. The van der Waals surface area contributed by atoms with Gasteiger partial charge in [0.15, 0.2) is 0 Å². The van der Waals surface area contributed by atoms with Gasteiger partial charge in [0, 0.05) is 30.7 Å². The number of halogens is 1. The number of rotatable bonds is 4. The number of hydrogen-bond donors (Lipinski definition) is 1. The molecule has 2 atom stereocenters. The molecule has 0 aromatic heterocycles. The van der Waals surface area contributed by atoms with E-state index in [9.17, 15) is 4.39 Å². The molecule has 128 valence electrons. The van der Waals surface area contributed by atoms with Gasteiger partial charge in [-0.2, -0.15) is 0 Å². The zero-order chi connectivity index (χ0) is 16.4. The zero-order valence-corrected chi connectivity index (χ0v) is 14.6. The van der Waals surface area contributed by atoms with Crippen LogP contribution in [0.25, 0.3) is 0 Å². The number of nitrogens with zero attached hydrogens (tertiary/aromatic N) is 2. The number of likely N-dealkylation sites (N-methyl/N-ethyl adjacent to an activating group) is 1. The summed E-state index contributed by atoms with van der Waals surface area (Å²) in [5.74, 6) is -0.153. The summed E-state index contributed by atoms with van der Waals surface area (Å²) in [6.07, 6.45) is 3.63. The summed E-state index contributed by atoms with van der Waals surface area (Å²) in [4.78, 5) is 4.96. The smallest absolute Gasteiger partial charge is 0.123 e. The highest BCUT2D eigenvalue weighted by atomic mass is 19.1. The maximum Gasteiger partial charge on any atom is 0.123 e. The summed E-state index contributed by atoms with van der Waals surface area (Å²) < 4.78 is 13.2. The quantitative estimate of drug-likeness (QED) is 0.920. The van der Waals surface area contributed by atoms with E-state index in [-0.39, 0.29) is 5.82 Å². The number of nitrogens with one attached hydrogen (secondary N) is 1. The second-order valence-electron chi connectivity index (χ2n) is 7.44. The summed E-state index contributed by atoms with van der Waals surface area (Å²) in [6, 6.07) is 9.15. The molecule has 0 radical (unpaired) electrons. The van der Waals surface area contributed by atoms with Crippen molar-refractivity contribution in [1.29, 1.82) is 0 Å². The number of hydrogen-bond acceptors (Lipinski definition) is 3. The first kappa shape index (κ1) is 16.9. The minimum atomic E-state index is -0.153. The highest BCUT2D eigenvalue weighted by Gasteiger charge is 2.34. The highest BCUT2D eigenvalue weighted by molar-refractivity contribution is 5.23. The zero-order valence-electron chi connectivity index (χ0n) is 14.6. The Hall–Kier alpha value is -0.970. The van der Waals surface area contributed by atoms with Crippen molar-refractivity contribution in [2.75, 3.05) is 26.7 Å². The van der Waals surface area contributed by atoms with Gasteiger partial charge >= 0.3 is 0 Å². The van der Waals surface area contributed by atoms with Crippen molar-refractivity contribution in [1.82, 2.24) is 15.1 Å². The van der Waals surface area contributed by atoms with Gasteiger partial charge in [-0.15, -0.1) is 0 Å². The Morgan fingerprint density at radius 1 is 1.04 bits per heavy atom. The third-order valence-corrected chi connectivity index (χ3v) is 5.57. The van der Waals surface area contributed by atoms with Crippen LogP contribution < -0.4 is 5.32 Å². The number of benzene rings is 1. The SMILES string of the molecule is CC(C)N1CCC(N[C@@H]2CCN(C)[C@H]2c2ccc(F)cc2)CC1. The molecule has 4 heteroatoms. The van der Waals surface area contributed by atoms with Crippen molar-refractivity contribution in [3.8, 4) is 0 Å². The first-order chi connectivity index (χ1) is 11.0. The molecule has 0 bridgehead atoms. The Morgan fingerprint density at radius 3 is 2.30 bits per heavy atom. The van der Waals surface area contributed by atoms with Gasteiger partial charge in [0.05, 0.1) is 0 Å². The van der Waals surface area contributed by atoms with E-state index in [0.717, 1.165) is 6.54 Å². The molecule has 0 spiro atoms. The van der Waals surface area contributed by atoms with E-state index in [0.29, 0.717) is 24.2 Å². The lowest BCUT2D eigenvalue weighted by Gasteiger charge is -2.37. The molecule has 1 N–H and O–H groups in total. The summed E-state index contributed by atoms with van der Waals surface area (Å²) in [7, 11) is 2.18. The molecular weight excluding hydrogens is 289 g/mol. The van der Waals surface area contributed by atoms with E-state index < -0.39 is 0 Å². The highest BCUT2D eigenvalue weighted by Crippen LogP contribution is 2.32. The first-order valence-corrected chi connectivity index (χ1v) is 9.00. The largest absolute Gasteiger partial charge is 0.309 e. The fraction of sp³-hybridized carbons (Fsp3) is 0.684. The Balaban J connectivity index is 1.62. The minimum Gasteiger partial charge on any atom is -0.309 e. The van der Waals surface area contributed by atoms with Crippen LogP contribution in [-0.2, 0) is 0 Å². The van der Waals surface area contributed by atoms with Crippen LogP contribution in [0.15, 0.2) is 24.3 Å². The summed E-state index contributed by atoms with van der Waals surface area (Å²) >= 11 is 0. The van der Waals surface area contributed by atoms with Crippen molar-refractivity contribution in [3.05, 3.63) is 35.6 Å². The van der Waals surface area contributed by atoms with Gasteiger partial charge in [0.25, 0.3) is 0 Å². The summed E-state index contributed by atoms with van der Waals surface area (Å²) in [5.41, 5.74) is 1.23. The van der Waals surface area contributed by atoms with Crippen LogP contribution >= 0.6 is 0 Å². The molecule has 23 heavy (non-hydrogen) atoms. The molecule has 0 saturated carbocycles. The molecule has 2 saturated heterocycles. The lowest BCUT2D eigenvalue weighted by atomic mass is 9.97. The monoisotopic (exact) mass is 319 g/mol. The van der Waals surface area contributed by atoms with E-state index in [2.05, 4.69) is 36.0 Å². The Morgan fingerprint density at radius 2 is 1.70 bits per heavy atom. The third-order valence-electron chi connectivity index (χ3n) is 5.57. The Labute approximate surface area is 139 Å². The van der Waals surface area contributed by atoms with Gasteiger partial charge in [0.2, 0.25) is 0 Å². The molecule has 3 nitrogen and oxygen atoms in total. The van der Waals surface area contributed by atoms with Crippen LogP contribution in [0.2, 0.25) is 0 Å². The van der Waals surface area contributed by atoms with Crippen LogP contribution in [0.4, 0.5) is 4.39 Å².